The standard InChI is InChI=1S/C29H35N5O5S/c1-18-9-12-24(31-15-18)34-27(36)25-22(8-7-13-30-25)33-26(35)21-11-10-20(40-6)14-23(21)38-17-19(2)16-32-28(37)39-29(3,4)5/h7-15,19H,16-17H2,1-6H3,(H,32,37)(H,33,35)(H,31,34,36)/t19-/m1/s1. The second-order valence-corrected chi connectivity index (χ2v) is 11.1. The Morgan fingerprint density at radius 1 is 1.02 bits per heavy atom. The van der Waals surface area contributed by atoms with Gasteiger partial charge in [0.15, 0.2) is 5.69 Å². The molecule has 3 aromatic rings. The van der Waals surface area contributed by atoms with Crippen molar-refractivity contribution in [1.29, 1.82) is 0 Å². The van der Waals surface area contributed by atoms with Crippen molar-refractivity contribution >= 4 is 41.2 Å². The molecule has 3 amide bonds. The molecule has 0 bridgehead atoms. The molecule has 10 nitrogen and oxygen atoms in total. The largest absolute Gasteiger partial charge is 0.492 e. The Balaban J connectivity index is 1.70. The Morgan fingerprint density at radius 3 is 2.48 bits per heavy atom. The van der Waals surface area contributed by atoms with Gasteiger partial charge in [0.1, 0.15) is 17.2 Å². The SMILES string of the molecule is CSc1ccc(C(=O)Nc2cccnc2C(=O)Nc2ccc(C)cn2)c(OC[C@H](C)CNC(=O)OC(C)(C)C)c1. The van der Waals surface area contributed by atoms with E-state index in [4.69, 9.17) is 9.47 Å². The molecular formula is C29H35N5O5S. The summed E-state index contributed by atoms with van der Waals surface area (Å²) in [5, 5.41) is 8.22. The van der Waals surface area contributed by atoms with Gasteiger partial charge in [-0.3, -0.25) is 9.59 Å². The number of aromatic nitrogens is 2. The van der Waals surface area contributed by atoms with Crippen molar-refractivity contribution < 1.29 is 23.9 Å². The summed E-state index contributed by atoms with van der Waals surface area (Å²) in [6, 6.07) is 12.0. The summed E-state index contributed by atoms with van der Waals surface area (Å²) < 4.78 is 11.3. The third-order valence-corrected chi connectivity index (χ3v) is 6.10. The normalized spacial score (nSPS) is 11.8. The van der Waals surface area contributed by atoms with Gasteiger partial charge in [-0.15, -0.1) is 11.8 Å². The quantitative estimate of drug-likeness (QED) is 0.273. The lowest BCUT2D eigenvalue weighted by Crippen LogP contribution is -2.35. The first-order valence-electron chi connectivity index (χ1n) is 12.7. The number of aryl methyl sites for hydroxylation is 1. The minimum atomic E-state index is -0.587. The maximum absolute atomic E-state index is 13.4. The molecule has 0 saturated heterocycles. The number of carbonyl (C=O) groups excluding carboxylic acids is 3. The first-order chi connectivity index (χ1) is 18.9. The molecule has 1 aromatic carbocycles. The Hall–Kier alpha value is -4.12. The summed E-state index contributed by atoms with van der Waals surface area (Å²) in [5.41, 5.74) is 0.954. The van der Waals surface area contributed by atoms with Crippen molar-refractivity contribution in [2.24, 2.45) is 5.92 Å². The number of pyridine rings is 2. The van der Waals surface area contributed by atoms with Crippen LogP contribution in [0, 0.1) is 12.8 Å². The van der Waals surface area contributed by atoms with Crippen LogP contribution in [-0.2, 0) is 4.74 Å². The van der Waals surface area contributed by atoms with Crippen LogP contribution in [0.15, 0.2) is 59.8 Å². The molecule has 0 saturated carbocycles. The predicted octanol–water partition coefficient (Wildman–Crippen LogP) is 5.55. The minimum Gasteiger partial charge on any atom is -0.492 e. The van der Waals surface area contributed by atoms with Crippen LogP contribution in [0.5, 0.6) is 5.75 Å². The van der Waals surface area contributed by atoms with Crippen molar-refractivity contribution in [2.75, 3.05) is 30.0 Å². The van der Waals surface area contributed by atoms with Gasteiger partial charge in [0.25, 0.3) is 11.8 Å². The lowest BCUT2D eigenvalue weighted by molar-refractivity contribution is 0.0516. The van der Waals surface area contributed by atoms with Crippen LogP contribution < -0.4 is 20.7 Å². The van der Waals surface area contributed by atoms with Crippen molar-refractivity contribution in [2.45, 2.75) is 45.1 Å². The molecule has 0 aliphatic rings. The molecule has 1 atom stereocenters. The molecule has 2 aromatic heterocycles. The smallest absolute Gasteiger partial charge is 0.407 e. The molecule has 40 heavy (non-hydrogen) atoms. The first-order valence-corrected chi connectivity index (χ1v) is 14.0. The van der Waals surface area contributed by atoms with E-state index in [0.29, 0.717) is 23.7 Å². The fourth-order valence-corrected chi connectivity index (χ4v) is 3.82. The summed E-state index contributed by atoms with van der Waals surface area (Å²) in [5.74, 6) is -0.278. The van der Waals surface area contributed by atoms with E-state index in [2.05, 4.69) is 25.9 Å². The number of amides is 3. The number of hydrogen-bond donors (Lipinski definition) is 3. The van der Waals surface area contributed by atoms with Crippen LogP contribution in [-0.4, -0.2) is 52.9 Å². The van der Waals surface area contributed by atoms with Gasteiger partial charge in [-0.1, -0.05) is 13.0 Å². The molecule has 3 N–H and O–H groups in total. The van der Waals surface area contributed by atoms with Gasteiger partial charge in [-0.2, -0.15) is 0 Å². The third-order valence-electron chi connectivity index (χ3n) is 5.37. The number of ether oxygens (including phenoxy) is 2. The topological polar surface area (TPSA) is 132 Å². The maximum Gasteiger partial charge on any atom is 0.407 e. The van der Waals surface area contributed by atoms with E-state index < -0.39 is 23.5 Å². The zero-order chi connectivity index (χ0) is 29.3. The van der Waals surface area contributed by atoms with E-state index in [1.165, 1.54) is 18.0 Å². The molecule has 0 aliphatic carbocycles. The van der Waals surface area contributed by atoms with Gasteiger partial charge in [-0.05, 0) is 75.9 Å². The average molecular weight is 566 g/mol. The van der Waals surface area contributed by atoms with Gasteiger partial charge in [0.05, 0.1) is 17.9 Å². The minimum absolute atomic E-state index is 0.0447. The Labute approximate surface area is 238 Å². The van der Waals surface area contributed by atoms with Crippen LogP contribution in [0.2, 0.25) is 0 Å². The second kappa shape index (κ2) is 13.8. The summed E-state index contributed by atoms with van der Waals surface area (Å²) >= 11 is 1.52. The van der Waals surface area contributed by atoms with E-state index in [1.54, 1.807) is 57.3 Å². The van der Waals surface area contributed by atoms with E-state index in [9.17, 15) is 14.4 Å². The van der Waals surface area contributed by atoms with Crippen LogP contribution in [0.25, 0.3) is 0 Å². The zero-order valence-electron chi connectivity index (χ0n) is 23.5. The fourth-order valence-electron chi connectivity index (χ4n) is 3.39. The number of nitrogens with zero attached hydrogens (tertiary/aromatic N) is 2. The lowest BCUT2D eigenvalue weighted by Gasteiger charge is -2.21. The molecule has 0 unspecified atom stereocenters. The van der Waals surface area contributed by atoms with E-state index >= 15 is 0 Å². The Kier molecular flexibility index (Phi) is 10.5. The number of anilines is 2. The molecule has 212 valence electrons. The van der Waals surface area contributed by atoms with Crippen molar-refractivity contribution in [3.8, 4) is 5.75 Å². The fraction of sp³-hybridized carbons (Fsp3) is 0.345. The molecule has 11 heteroatoms. The van der Waals surface area contributed by atoms with Crippen LogP contribution in [0.4, 0.5) is 16.3 Å². The van der Waals surface area contributed by atoms with Crippen LogP contribution >= 0.6 is 11.8 Å². The van der Waals surface area contributed by atoms with Crippen LogP contribution in [0.1, 0.15) is 54.1 Å². The highest BCUT2D eigenvalue weighted by Crippen LogP contribution is 2.27. The van der Waals surface area contributed by atoms with E-state index in [1.807, 2.05) is 32.2 Å². The molecule has 2 heterocycles. The maximum atomic E-state index is 13.4. The summed E-state index contributed by atoms with van der Waals surface area (Å²) in [6.07, 6.45) is 4.54. The number of benzene rings is 1. The molecular weight excluding hydrogens is 530 g/mol. The molecule has 0 fully saturated rings. The van der Waals surface area contributed by atoms with Gasteiger partial charge >= 0.3 is 6.09 Å². The number of alkyl carbamates (subject to hydrolysis) is 1. The first kappa shape index (κ1) is 30.4. The summed E-state index contributed by atoms with van der Waals surface area (Å²) in [4.78, 5) is 47.5. The number of nitrogens with one attached hydrogen (secondary N) is 3. The van der Waals surface area contributed by atoms with Gasteiger partial charge in [-0.25, -0.2) is 14.8 Å². The van der Waals surface area contributed by atoms with Crippen LogP contribution in [0.3, 0.4) is 0 Å². The monoisotopic (exact) mass is 565 g/mol. The van der Waals surface area contributed by atoms with Gasteiger partial charge < -0.3 is 25.4 Å². The van der Waals surface area contributed by atoms with Crippen molar-refractivity contribution in [3.05, 3.63) is 71.7 Å². The predicted molar refractivity (Wildman–Crippen MR) is 156 cm³/mol. The van der Waals surface area contributed by atoms with Gasteiger partial charge in [0, 0.05) is 29.8 Å². The highest BCUT2D eigenvalue weighted by molar-refractivity contribution is 7.98. The highest BCUT2D eigenvalue weighted by atomic mass is 32.2. The molecule has 0 spiro atoms. The Bertz CT molecular complexity index is 1340. The van der Waals surface area contributed by atoms with Crippen molar-refractivity contribution in [3.63, 3.8) is 0 Å². The number of hydrogen-bond acceptors (Lipinski definition) is 8. The van der Waals surface area contributed by atoms with Gasteiger partial charge in [0.2, 0.25) is 0 Å². The third kappa shape index (κ3) is 9.26. The summed E-state index contributed by atoms with van der Waals surface area (Å²) in [6.45, 7) is 9.79. The summed E-state index contributed by atoms with van der Waals surface area (Å²) in [7, 11) is 0. The Morgan fingerprint density at radius 2 is 1.80 bits per heavy atom. The molecule has 0 aliphatic heterocycles. The lowest BCUT2D eigenvalue weighted by atomic mass is 10.1. The van der Waals surface area contributed by atoms with E-state index in [0.717, 1.165) is 10.5 Å². The molecule has 0 radical (unpaired) electrons. The van der Waals surface area contributed by atoms with E-state index in [-0.39, 0.29) is 23.9 Å². The number of carbonyl (C=O) groups is 3. The molecule has 3 rings (SSSR count). The zero-order valence-corrected chi connectivity index (χ0v) is 24.3. The number of rotatable bonds is 10. The van der Waals surface area contributed by atoms with Crippen molar-refractivity contribution in [1.82, 2.24) is 15.3 Å². The second-order valence-electron chi connectivity index (χ2n) is 10.2. The number of thioether (sulfide) groups is 1. The highest BCUT2D eigenvalue weighted by Gasteiger charge is 2.20. The average Bonchev–Trinajstić information content (AvgIpc) is 2.91.